The zero-order valence-electron chi connectivity index (χ0n) is 9.73. The summed E-state index contributed by atoms with van der Waals surface area (Å²) >= 11 is 17.9. The van der Waals surface area contributed by atoms with E-state index in [9.17, 15) is 0 Å². The molecule has 0 aliphatic rings. The molecule has 3 aromatic rings. The van der Waals surface area contributed by atoms with E-state index in [1.54, 1.807) is 28.7 Å². The van der Waals surface area contributed by atoms with Crippen LogP contribution in [0.3, 0.4) is 0 Å². The molecule has 0 unspecified atom stereocenters. The van der Waals surface area contributed by atoms with Crippen LogP contribution >= 0.6 is 34.8 Å². The van der Waals surface area contributed by atoms with Crippen molar-refractivity contribution in [3.8, 4) is 11.4 Å². The van der Waals surface area contributed by atoms with E-state index in [1.165, 1.54) is 0 Å². The Morgan fingerprint density at radius 1 is 0.947 bits per heavy atom. The highest BCUT2D eigenvalue weighted by Crippen LogP contribution is 2.27. The first-order chi connectivity index (χ1) is 9.04. The van der Waals surface area contributed by atoms with Crippen LogP contribution in [0.2, 0.25) is 15.2 Å². The fourth-order valence-electron chi connectivity index (χ4n) is 1.92. The maximum absolute atomic E-state index is 6.00. The molecule has 0 amide bonds. The Morgan fingerprint density at radius 2 is 1.63 bits per heavy atom. The summed E-state index contributed by atoms with van der Waals surface area (Å²) in [6, 6.07) is 6.87. The van der Waals surface area contributed by atoms with Gasteiger partial charge in [0, 0.05) is 21.7 Å². The van der Waals surface area contributed by atoms with E-state index in [0.717, 1.165) is 5.56 Å². The molecule has 0 bridgehead atoms. The molecule has 96 valence electrons. The summed E-state index contributed by atoms with van der Waals surface area (Å²) < 4.78 is 1.80. The Morgan fingerprint density at radius 3 is 2.32 bits per heavy atom. The minimum atomic E-state index is 0.382. The summed E-state index contributed by atoms with van der Waals surface area (Å²) in [5.41, 5.74) is 1.40. The number of benzene rings is 1. The molecule has 0 radical (unpaired) electrons. The van der Waals surface area contributed by atoms with Gasteiger partial charge in [-0.25, -0.2) is 4.98 Å². The van der Waals surface area contributed by atoms with Crippen LogP contribution in [0.5, 0.6) is 0 Å². The topological polar surface area (TPSA) is 43.1 Å². The molecule has 7 heteroatoms. The molecule has 0 saturated carbocycles. The zero-order valence-corrected chi connectivity index (χ0v) is 12.0. The predicted octanol–water partition coefficient (Wildman–Crippen LogP) is 4.06. The largest absolute Gasteiger partial charge is 0.263 e. The van der Waals surface area contributed by atoms with E-state index >= 15 is 0 Å². The minimum absolute atomic E-state index is 0.382. The van der Waals surface area contributed by atoms with Crippen LogP contribution in [0.15, 0.2) is 24.3 Å². The number of nitrogens with zero attached hydrogens (tertiary/aromatic N) is 4. The summed E-state index contributed by atoms with van der Waals surface area (Å²) in [7, 11) is 0. The van der Waals surface area contributed by atoms with Crippen molar-refractivity contribution in [3.05, 3.63) is 45.3 Å². The molecule has 0 spiro atoms. The lowest BCUT2D eigenvalue weighted by Crippen LogP contribution is -1.98. The Balaban J connectivity index is 2.31. The first-order valence-electron chi connectivity index (χ1n) is 5.39. The molecular formula is C12H7Cl3N4. The van der Waals surface area contributed by atoms with Crippen LogP contribution in [0.25, 0.3) is 17.0 Å². The van der Waals surface area contributed by atoms with Crippen molar-refractivity contribution in [2.75, 3.05) is 0 Å². The lowest BCUT2D eigenvalue weighted by molar-refractivity contribution is 0.988. The Hall–Kier alpha value is -1.36. The molecule has 0 fully saturated rings. The van der Waals surface area contributed by atoms with E-state index in [4.69, 9.17) is 34.8 Å². The summed E-state index contributed by atoms with van der Waals surface area (Å²) in [5.74, 6) is 1.32. The van der Waals surface area contributed by atoms with Gasteiger partial charge in [0.15, 0.2) is 11.5 Å². The average Bonchev–Trinajstić information content (AvgIpc) is 2.71. The minimum Gasteiger partial charge on any atom is -0.263 e. The predicted molar refractivity (Wildman–Crippen MR) is 76.0 cm³/mol. The molecule has 0 N–H and O–H groups in total. The molecule has 0 saturated heterocycles. The Kier molecular flexibility index (Phi) is 3.09. The fraction of sp³-hybridized carbons (Fsp3) is 0.0833. The van der Waals surface area contributed by atoms with Crippen molar-refractivity contribution in [1.29, 1.82) is 0 Å². The summed E-state index contributed by atoms with van der Waals surface area (Å²) in [6.45, 7) is 1.83. The molecule has 2 heterocycles. The first kappa shape index (κ1) is 12.7. The van der Waals surface area contributed by atoms with Gasteiger partial charge in [0.1, 0.15) is 11.0 Å². The van der Waals surface area contributed by atoms with E-state index in [-0.39, 0.29) is 0 Å². The van der Waals surface area contributed by atoms with Crippen molar-refractivity contribution in [3.63, 3.8) is 0 Å². The van der Waals surface area contributed by atoms with Gasteiger partial charge in [-0.2, -0.15) is 0 Å². The second-order valence-corrected chi connectivity index (χ2v) is 5.26. The van der Waals surface area contributed by atoms with E-state index in [0.29, 0.717) is 32.5 Å². The monoisotopic (exact) mass is 312 g/mol. The van der Waals surface area contributed by atoms with Crippen LogP contribution in [-0.2, 0) is 0 Å². The zero-order chi connectivity index (χ0) is 13.6. The number of aryl methyl sites for hydroxylation is 1. The number of rotatable bonds is 1. The normalized spacial score (nSPS) is 11.2. The van der Waals surface area contributed by atoms with Gasteiger partial charge in [0.05, 0.1) is 0 Å². The van der Waals surface area contributed by atoms with Crippen molar-refractivity contribution >= 4 is 40.4 Å². The van der Waals surface area contributed by atoms with Crippen LogP contribution in [0, 0.1) is 6.92 Å². The lowest BCUT2D eigenvalue weighted by atomic mass is 10.2. The van der Waals surface area contributed by atoms with Gasteiger partial charge in [-0.15, -0.1) is 10.2 Å². The molecule has 3 rings (SSSR count). The van der Waals surface area contributed by atoms with Crippen molar-refractivity contribution in [1.82, 2.24) is 19.6 Å². The van der Waals surface area contributed by atoms with Gasteiger partial charge >= 0.3 is 0 Å². The van der Waals surface area contributed by atoms with Crippen molar-refractivity contribution < 1.29 is 0 Å². The summed E-state index contributed by atoms with van der Waals surface area (Å²) in [4.78, 5) is 4.19. The molecule has 0 aliphatic carbocycles. The van der Waals surface area contributed by atoms with Gasteiger partial charge in [-0.1, -0.05) is 34.8 Å². The molecule has 4 nitrogen and oxygen atoms in total. The highest BCUT2D eigenvalue weighted by atomic mass is 35.5. The molecule has 0 atom stereocenters. The molecule has 1 aromatic carbocycles. The SMILES string of the molecule is Cc1nc(Cl)cc2nnc(-c3cc(Cl)cc(Cl)c3)n12. The highest BCUT2D eigenvalue weighted by molar-refractivity contribution is 6.35. The van der Waals surface area contributed by atoms with Crippen molar-refractivity contribution in [2.24, 2.45) is 0 Å². The molecule has 2 aromatic heterocycles. The fourth-order valence-corrected chi connectivity index (χ4v) is 2.67. The van der Waals surface area contributed by atoms with Crippen LogP contribution in [0.1, 0.15) is 5.82 Å². The highest BCUT2D eigenvalue weighted by Gasteiger charge is 2.12. The third-order valence-corrected chi connectivity index (χ3v) is 3.28. The van der Waals surface area contributed by atoms with E-state index in [1.807, 2.05) is 6.92 Å². The smallest absolute Gasteiger partial charge is 0.169 e. The van der Waals surface area contributed by atoms with Gasteiger partial charge in [0.25, 0.3) is 0 Å². The third kappa shape index (κ3) is 2.27. The maximum atomic E-state index is 6.00. The second kappa shape index (κ2) is 4.63. The molecular weight excluding hydrogens is 307 g/mol. The number of hydrogen-bond acceptors (Lipinski definition) is 3. The molecule has 0 aliphatic heterocycles. The summed E-state index contributed by atoms with van der Waals surface area (Å²) in [6.07, 6.45) is 0. The number of fused-ring (bicyclic) bond motifs is 1. The van der Waals surface area contributed by atoms with Crippen molar-refractivity contribution in [2.45, 2.75) is 6.92 Å². The quantitative estimate of drug-likeness (QED) is 0.636. The Labute approximate surface area is 124 Å². The second-order valence-electron chi connectivity index (χ2n) is 4.00. The van der Waals surface area contributed by atoms with E-state index in [2.05, 4.69) is 15.2 Å². The van der Waals surface area contributed by atoms with Gasteiger partial charge in [0.2, 0.25) is 0 Å². The Bertz CT molecular complexity index is 762. The van der Waals surface area contributed by atoms with Crippen LogP contribution < -0.4 is 0 Å². The maximum Gasteiger partial charge on any atom is 0.169 e. The van der Waals surface area contributed by atoms with Gasteiger partial charge < -0.3 is 0 Å². The van der Waals surface area contributed by atoms with Gasteiger partial charge in [-0.3, -0.25) is 4.40 Å². The number of halogens is 3. The van der Waals surface area contributed by atoms with Crippen LogP contribution in [0.4, 0.5) is 0 Å². The average molecular weight is 314 g/mol. The van der Waals surface area contributed by atoms with Crippen LogP contribution in [-0.4, -0.2) is 19.6 Å². The number of aromatic nitrogens is 4. The molecule has 19 heavy (non-hydrogen) atoms. The first-order valence-corrected chi connectivity index (χ1v) is 6.53. The lowest BCUT2D eigenvalue weighted by Gasteiger charge is -2.04. The van der Waals surface area contributed by atoms with Gasteiger partial charge in [-0.05, 0) is 25.1 Å². The number of hydrogen-bond donors (Lipinski definition) is 0. The summed E-state index contributed by atoms with van der Waals surface area (Å²) in [5, 5.41) is 9.69. The standard InChI is InChI=1S/C12H7Cl3N4/c1-6-16-10(15)5-11-17-18-12(19(6)11)7-2-8(13)4-9(14)3-7/h2-5H,1H3. The van der Waals surface area contributed by atoms with E-state index < -0.39 is 0 Å². The third-order valence-electron chi connectivity index (χ3n) is 2.65.